The second-order valence-corrected chi connectivity index (χ2v) is 5.51. The summed E-state index contributed by atoms with van der Waals surface area (Å²) in [5.74, 6) is 0.732. The van der Waals surface area contributed by atoms with E-state index in [0.29, 0.717) is 18.9 Å². The summed E-state index contributed by atoms with van der Waals surface area (Å²) in [6.07, 6.45) is 1.38. The maximum absolute atomic E-state index is 12.2. The number of nitrogens with zero attached hydrogens (tertiary/aromatic N) is 1. The molecule has 1 amide bonds. The third-order valence-electron chi connectivity index (χ3n) is 3.13. The minimum atomic E-state index is -0.845. The Morgan fingerprint density at radius 1 is 1.47 bits per heavy atom. The summed E-state index contributed by atoms with van der Waals surface area (Å²) in [5, 5.41) is 8.85. The van der Waals surface area contributed by atoms with Crippen LogP contribution in [0.1, 0.15) is 19.3 Å². The summed E-state index contributed by atoms with van der Waals surface area (Å²) in [7, 11) is 0. The van der Waals surface area contributed by atoms with Crippen molar-refractivity contribution in [1.82, 2.24) is 4.90 Å². The summed E-state index contributed by atoms with van der Waals surface area (Å²) in [6.45, 7) is 1.28. The standard InChI is InChI=1S/C11H17NO4S/c13-10(14)6-8-7-17-5-3-12(8)11(15)9-2-1-4-16-9/h8-9H,1-7H2,(H,13,14). The van der Waals surface area contributed by atoms with Crippen LogP contribution in [0.3, 0.4) is 0 Å². The first-order valence-corrected chi connectivity index (χ1v) is 7.05. The van der Waals surface area contributed by atoms with Crippen molar-refractivity contribution in [2.24, 2.45) is 0 Å². The van der Waals surface area contributed by atoms with Gasteiger partial charge >= 0.3 is 5.97 Å². The predicted molar refractivity (Wildman–Crippen MR) is 64.1 cm³/mol. The molecule has 2 aliphatic heterocycles. The quantitative estimate of drug-likeness (QED) is 0.803. The molecule has 2 rings (SSSR count). The van der Waals surface area contributed by atoms with Gasteiger partial charge in [0.15, 0.2) is 0 Å². The van der Waals surface area contributed by atoms with Crippen LogP contribution in [0.15, 0.2) is 0 Å². The Balaban J connectivity index is 1.99. The van der Waals surface area contributed by atoms with E-state index in [2.05, 4.69) is 0 Å². The lowest BCUT2D eigenvalue weighted by Crippen LogP contribution is -2.50. The van der Waals surface area contributed by atoms with E-state index in [4.69, 9.17) is 9.84 Å². The zero-order valence-corrected chi connectivity index (χ0v) is 10.4. The summed E-state index contributed by atoms with van der Waals surface area (Å²) in [4.78, 5) is 24.7. The number of carboxylic acids is 1. The van der Waals surface area contributed by atoms with E-state index in [1.165, 1.54) is 0 Å². The van der Waals surface area contributed by atoms with Crippen LogP contribution in [0.5, 0.6) is 0 Å². The molecule has 0 aromatic rings. The highest BCUT2D eigenvalue weighted by Gasteiger charge is 2.34. The molecule has 2 fully saturated rings. The maximum atomic E-state index is 12.2. The van der Waals surface area contributed by atoms with E-state index >= 15 is 0 Å². The number of thioether (sulfide) groups is 1. The smallest absolute Gasteiger partial charge is 0.305 e. The van der Waals surface area contributed by atoms with Crippen LogP contribution in [0.25, 0.3) is 0 Å². The molecule has 2 heterocycles. The minimum absolute atomic E-state index is 0.0194. The fraction of sp³-hybridized carbons (Fsp3) is 0.818. The molecule has 0 aromatic heterocycles. The zero-order valence-electron chi connectivity index (χ0n) is 9.63. The first kappa shape index (κ1) is 12.7. The third-order valence-corrected chi connectivity index (χ3v) is 4.22. The van der Waals surface area contributed by atoms with Gasteiger partial charge in [-0.25, -0.2) is 0 Å². The first-order valence-electron chi connectivity index (χ1n) is 5.90. The highest BCUT2D eigenvalue weighted by Crippen LogP contribution is 2.23. The van der Waals surface area contributed by atoms with Gasteiger partial charge in [0, 0.05) is 24.7 Å². The molecule has 96 valence electrons. The number of ether oxygens (including phenoxy) is 1. The summed E-state index contributed by atoms with van der Waals surface area (Å²) < 4.78 is 5.38. The Morgan fingerprint density at radius 3 is 2.94 bits per heavy atom. The summed E-state index contributed by atoms with van der Waals surface area (Å²) in [6, 6.07) is -0.178. The topological polar surface area (TPSA) is 66.8 Å². The average molecular weight is 259 g/mol. The molecule has 0 bridgehead atoms. The van der Waals surface area contributed by atoms with Crippen molar-refractivity contribution in [3.05, 3.63) is 0 Å². The highest BCUT2D eigenvalue weighted by molar-refractivity contribution is 7.99. The van der Waals surface area contributed by atoms with Crippen LogP contribution in [-0.2, 0) is 14.3 Å². The van der Waals surface area contributed by atoms with Gasteiger partial charge in [0.2, 0.25) is 0 Å². The molecule has 6 heteroatoms. The van der Waals surface area contributed by atoms with Crippen LogP contribution in [0, 0.1) is 0 Å². The molecule has 2 unspecified atom stereocenters. The molecule has 0 aliphatic carbocycles. The van der Waals surface area contributed by atoms with Gasteiger partial charge in [-0.15, -0.1) is 0 Å². The number of rotatable bonds is 3. The molecule has 1 N–H and O–H groups in total. The van der Waals surface area contributed by atoms with E-state index in [1.54, 1.807) is 16.7 Å². The molecule has 2 aliphatic rings. The molecule has 0 spiro atoms. The van der Waals surface area contributed by atoms with Crippen molar-refractivity contribution in [1.29, 1.82) is 0 Å². The molecule has 0 saturated carbocycles. The molecule has 0 aromatic carbocycles. The second-order valence-electron chi connectivity index (χ2n) is 4.36. The van der Waals surface area contributed by atoms with Crippen LogP contribution in [0.4, 0.5) is 0 Å². The van der Waals surface area contributed by atoms with Gasteiger partial charge in [-0.05, 0) is 12.8 Å². The van der Waals surface area contributed by atoms with Crippen molar-refractivity contribution in [3.63, 3.8) is 0 Å². The lowest BCUT2D eigenvalue weighted by Gasteiger charge is -2.35. The van der Waals surface area contributed by atoms with E-state index in [-0.39, 0.29) is 24.5 Å². The summed E-state index contributed by atoms with van der Waals surface area (Å²) >= 11 is 1.71. The molecule has 2 saturated heterocycles. The van der Waals surface area contributed by atoms with Gasteiger partial charge in [0.05, 0.1) is 12.5 Å². The monoisotopic (exact) mass is 259 g/mol. The van der Waals surface area contributed by atoms with E-state index in [1.807, 2.05) is 0 Å². The number of hydrogen-bond donors (Lipinski definition) is 1. The normalized spacial score (nSPS) is 29.3. The number of carbonyl (C=O) groups excluding carboxylic acids is 1. The second kappa shape index (κ2) is 5.73. The van der Waals surface area contributed by atoms with Crippen molar-refractivity contribution in [2.45, 2.75) is 31.4 Å². The zero-order chi connectivity index (χ0) is 12.3. The molecular formula is C11H17NO4S. The van der Waals surface area contributed by atoms with Gasteiger partial charge in [-0.1, -0.05) is 0 Å². The Hall–Kier alpha value is -0.750. The third kappa shape index (κ3) is 3.13. The average Bonchev–Trinajstić information content (AvgIpc) is 2.81. The van der Waals surface area contributed by atoms with Gasteiger partial charge in [0.25, 0.3) is 5.91 Å². The van der Waals surface area contributed by atoms with Gasteiger partial charge in [-0.2, -0.15) is 11.8 Å². The van der Waals surface area contributed by atoms with Crippen molar-refractivity contribution in [3.8, 4) is 0 Å². The van der Waals surface area contributed by atoms with Gasteiger partial charge in [0.1, 0.15) is 6.10 Å². The fourth-order valence-corrected chi connectivity index (χ4v) is 3.34. The van der Waals surface area contributed by atoms with Crippen LogP contribution in [0.2, 0.25) is 0 Å². The lowest BCUT2D eigenvalue weighted by molar-refractivity contribution is -0.145. The Labute approximate surface area is 104 Å². The Morgan fingerprint density at radius 2 is 2.29 bits per heavy atom. The van der Waals surface area contributed by atoms with Crippen LogP contribution in [-0.4, -0.2) is 58.7 Å². The molecule has 5 nitrogen and oxygen atoms in total. The first-order chi connectivity index (χ1) is 8.18. The van der Waals surface area contributed by atoms with Crippen LogP contribution < -0.4 is 0 Å². The molecule has 17 heavy (non-hydrogen) atoms. The van der Waals surface area contributed by atoms with E-state index in [9.17, 15) is 9.59 Å². The van der Waals surface area contributed by atoms with Gasteiger partial charge < -0.3 is 14.7 Å². The number of carboxylic acid groups (broad SMARTS) is 1. The van der Waals surface area contributed by atoms with E-state index < -0.39 is 5.97 Å². The number of hydrogen-bond acceptors (Lipinski definition) is 4. The lowest BCUT2D eigenvalue weighted by atomic mass is 10.1. The van der Waals surface area contributed by atoms with Gasteiger partial charge in [-0.3, -0.25) is 9.59 Å². The molecule has 0 radical (unpaired) electrons. The minimum Gasteiger partial charge on any atom is -0.481 e. The van der Waals surface area contributed by atoms with Crippen molar-refractivity contribution < 1.29 is 19.4 Å². The number of carbonyl (C=O) groups is 2. The predicted octanol–water partition coefficient (Wildman–Crippen LogP) is 0.584. The summed E-state index contributed by atoms with van der Waals surface area (Å²) in [5.41, 5.74) is 0. The van der Waals surface area contributed by atoms with E-state index in [0.717, 1.165) is 18.6 Å². The highest BCUT2D eigenvalue weighted by atomic mass is 32.2. The molecule has 2 atom stereocenters. The Kier molecular flexibility index (Phi) is 4.28. The number of aliphatic carboxylic acids is 1. The maximum Gasteiger partial charge on any atom is 0.305 e. The van der Waals surface area contributed by atoms with Crippen molar-refractivity contribution >= 4 is 23.6 Å². The SMILES string of the molecule is O=C(O)CC1CSCCN1C(=O)C1CCCO1. The molecular weight excluding hydrogens is 242 g/mol. The van der Waals surface area contributed by atoms with Crippen molar-refractivity contribution in [2.75, 3.05) is 24.7 Å². The fourth-order valence-electron chi connectivity index (χ4n) is 2.27. The van der Waals surface area contributed by atoms with Crippen LogP contribution >= 0.6 is 11.8 Å². The largest absolute Gasteiger partial charge is 0.481 e. The number of amides is 1. The Bertz CT molecular complexity index is 304.